The first kappa shape index (κ1) is 24.0. The van der Waals surface area contributed by atoms with Crippen LogP contribution in [0.15, 0.2) is 34.3 Å². The number of hydrogen-bond acceptors (Lipinski definition) is 6. The molecule has 0 saturated carbocycles. The summed E-state index contributed by atoms with van der Waals surface area (Å²) in [6.45, 7) is 5.67. The molecule has 1 N–H and O–H groups in total. The number of carbonyl (C=O) groups is 1. The average molecular weight is 510 g/mol. The first-order valence-electron chi connectivity index (χ1n) is 10.8. The summed E-state index contributed by atoms with van der Waals surface area (Å²) in [6.07, 6.45) is -0.0281. The van der Waals surface area contributed by atoms with Crippen LogP contribution in [-0.2, 0) is 28.2 Å². The largest absolute Gasteiger partial charge is 0.346 e. The highest BCUT2D eigenvalue weighted by Gasteiger charge is 2.25. The molecule has 178 valence electrons. The number of piperazine rings is 1. The fourth-order valence-electron chi connectivity index (χ4n) is 4.02. The van der Waals surface area contributed by atoms with Crippen molar-refractivity contribution in [3.63, 3.8) is 0 Å². The van der Waals surface area contributed by atoms with E-state index in [4.69, 9.17) is 11.6 Å². The van der Waals surface area contributed by atoms with Crippen molar-refractivity contribution >= 4 is 49.6 Å². The Morgan fingerprint density at radius 2 is 1.94 bits per heavy atom. The molecule has 1 amide bonds. The molecule has 1 saturated heterocycles. The fraction of sp³-hybridized carbons (Fsp3) is 0.455. The first-order valence-corrected chi connectivity index (χ1v) is 13.6. The molecule has 33 heavy (non-hydrogen) atoms. The lowest BCUT2D eigenvalue weighted by molar-refractivity contribution is -0.132. The maximum absolute atomic E-state index is 12.8. The van der Waals surface area contributed by atoms with Crippen molar-refractivity contribution < 1.29 is 13.2 Å². The van der Waals surface area contributed by atoms with Gasteiger partial charge in [-0.25, -0.2) is 8.42 Å². The van der Waals surface area contributed by atoms with Crippen molar-refractivity contribution in [3.8, 4) is 0 Å². The molecule has 0 aliphatic carbocycles. The van der Waals surface area contributed by atoms with Gasteiger partial charge in [-0.1, -0.05) is 11.6 Å². The molecular weight excluding hydrogens is 482 g/mol. The second-order valence-corrected chi connectivity index (χ2v) is 11.8. The van der Waals surface area contributed by atoms with Gasteiger partial charge in [-0.2, -0.15) is 0 Å². The van der Waals surface area contributed by atoms with E-state index in [2.05, 4.69) is 26.4 Å². The Hall–Kier alpha value is -2.14. The van der Waals surface area contributed by atoms with Gasteiger partial charge < -0.3 is 14.5 Å². The van der Waals surface area contributed by atoms with Gasteiger partial charge in [-0.05, 0) is 31.2 Å². The van der Waals surface area contributed by atoms with Gasteiger partial charge in [0.15, 0.2) is 14.6 Å². The van der Waals surface area contributed by atoms with Crippen LogP contribution in [0.3, 0.4) is 0 Å². The number of sulfone groups is 1. The van der Waals surface area contributed by atoms with E-state index in [0.717, 1.165) is 29.8 Å². The molecule has 11 heteroatoms. The van der Waals surface area contributed by atoms with Gasteiger partial charge >= 0.3 is 0 Å². The van der Waals surface area contributed by atoms with E-state index in [1.165, 1.54) is 10.6 Å². The van der Waals surface area contributed by atoms with E-state index in [0.29, 0.717) is 23.6 Å². The SMILES string of the molecule is CN=c1sc(CN2CCN(C(=O)CCS(=O)(=O)c3cc4cc(Cl)ccc4[nH]3)CC2)c(C)n1C. The lowest BCUT2D eigenvalue weighted by Gasteiger charge is -2.34. The number of nitrogens with one attached hydrogen (secondary N) is 1. The van der Waals surface area contributed by atoms with E-state index < -0.39 is 9.84 Å². The molecule has 0 radical (unpaired) electrons. The number of rotatable bonds is 6. The van der Waals surface area contributed by atoms with E-state index in [1.807, 2.05) is 7.05 Å². The summed E-state index contributed by atoms with van der Waals surface area (Å²) >= 11 is 7.68. The maximum Gasteiger partial charge on any atom is 0.223 e. The van der Waals surface area contributed by atoms with E-state index in [1.54, 1.807) is 47.5 Å². The number of hydrogen-bond donors (Lipinski definition) is 1. The van der Waals surface area contributed by atoms with E-state index in [-0.39, 0.29) is 23.1 Å². The molecule has 1 aliphatic rings. The van der Waals surface area contributed by atoms with E-state index >= 15 is 0 Å². The van der Waals surface area contributed by atoms with Crippen LogP contribution < -0.4 is 4.80 Å². The van der Waals surface area contributed by atoms with Crippen LogP contribution >= 0.6 is 22.9 Å². The Balaban J connectivity index is 1.31. The quantitative estimate of drug-likeness (QED) is 0.553. The van der Waals surface area contributed by atoms with Crippen LogP contribution in [0.1, 0.15) is 17.0 Å². The summed E-state index contributed by atoms with van der Waals surface area (Å²) < 4.78 is 27.6. The van der Waals surface area contributed by atoms with Gasteiger partial charge in [-0.3, -0.25) is 14.7 Å². The third-order valence-corrected chi connectivity index (χ3v) is 9.35. The number of fused-ring (bicyclic) bond motifs is 1. The van der Waals surface area contributed by atoms with Gasteiger partial charge in [0.05, 0.1) is 5.75 Å². The van der Waals surface area contributed by atoms with Crippen LogP contribution in [0.25, 0.3) is 10.9 Å². The highest BCUT2D eigenvalue weighted by molar-refractivity contribution is 7.91. The second-order valence-electron chi connectivity index (χ2n) is 8.27. The van der Waals surface area contributed by atoms with Gasteiger partial charge in [0.25, 0.3) is 0 Å². The van der Waals surface area contributed by atoms with Crippen molar-refractivity contribution in [1.82, 2.24) is 19.4 Å². The number of thiazole rings is 1. The molecule has 0 bridgehead atoms. The Kier molecular flexibility index (Phi) is 6.99. The number of H-pyrrole nitrogens is 1. The first-order chi connectivity index (χ1) is 15.7. The highest BCUT2D eigenvalue weighted by Crippen LogP contribution is 2.23. The smallest absolute Gasteiger partial charge is 0.223 e. The number of carbonyl (C=O) groups excluding carboxylic acids is 1. The van der Waals surface area contributed by atoms with Crippen LogP contribution in [-0.4, -0.2) is 72.7 Å². The predicted molar refractivity (Wildman–Crippen MR) is 131 cm³/mol. The van der Waals surface area contributed by atoms with Crippen molar-refractivity contribution in [3.05, 3.63) is 44.7 Å². The molecule has 1 aromatic carbocycles. The Morgan fingerprint density at radius 1 is 1.21 bits per heavy atom. The van der Waals surface area contributed by atoms with Gasteiger partial charge in [-0.15, -0.1) is 11.3 Å². The number of aromatic nitrogens is 2. The average Bonchev–Trinajstić information content (AvgIpc) is 3.34. The van der Waals surface area contributed by atoms with Crippen LogP contribution in [0, 0.1) is 6.92 Å². The molecule has 2 aromatic heterocycles. The van der Waals surface area contributed by atoms with Gasteiger partial charge in [0, 0.05) is 79.7 Å². The fourth-order valence-corrected chi connectivity index (χ4v) is 6.55. The highest BCUT2D eigenvalue weighted by atomic mass is 35.5. The molecular formula is C22H28ClN5O3S2. The lowest BCUT2D eigenvalue weighted by atomic mass is 10.2. The summed E-state index contributed by atoms with van der Waals surface area (Å²) in [6, 6.07) is 6.74. The van der Waals surface area contributed by atoms with Crippen LogP contribution in [0.4, 0.5) is 0 Å². The molecule has 3 aromatic rings. The normalized spacial score (nSPS) is 16.1. The number of amides is 1. The summed E-state index contributed by atoms with van der Waals surface area (Å²) in [7, 11) is 0.224. The zero-order valence-corrected chi connectivity index (χ0v) is 21.4. The van der Waals surface area contributed by atoms with Gasteiger partial charge in [0.1, 0.15) is 5.03 Å². The van der Waals surface area contributed by atoms with Crippen molar-refractivity contribution in [2.45, 2.75) is 24.9 Å². The third-order valence-electron chi connectivity index (χ3n) is 6.17. The van der Waals surface area contributed by atoms with Crippen molar-refractivity contribution in [2.75, 3.05) is 39.0 Å². The zero-order valence-electron chi connectivity index (χ0n) is 19.0. The molecule has 0 spiro atoms. The molecule has 1 aliphatic heterocycles. The Bertz CT molecular complexity index is 1350. The second kappa shape index (κ2) is 9.61. The maximum atomic E-state index is 12.8. The number of halogens is 1. The van der Waals surface area contributed by atoms with Crippen molar-refractivity contribution in [1.29, 1.82) is 0 Å². The molecule has 3 heterocycles. The Labute approximate surface area is 202 Å². The molecule has 8 nitrogen and oxygen atoms in total. The summed E-state index contributed by atoms with van der Waals surface area (Å²) in [5.41, 5.74) is 1.92. The third kappa shape index (κ3) is 5.18. The summed E-state index contributed by atoms with van der Waals surface area (Å²) in [5, 5.41) is 1.40. The zero-order chi connectivity index (χ0) is 23.8. The predicted octanol–water partition coefficient (Wildman–Crippen LogP) is 2.57. The molecule has 0 atom stereocenters. The lowest BCUT2D eigenvalue weighted by Crippen LogP contribution is -2.48. The Morgan fingerprint density at radius 3 is 2.61 bits per heavy atom. The minimum Gasteiger partial charge on any atom is -0.346 e. The number of benzene rings is 1. The molecule has 4 rings (SSSR count). The monoisotopic (exact) mass is 509 g/mol. The summed E-state index contributed by atoms with van der Waals surface area (Å²) in [5.74, 6) is -0.344. The molecule has 0 unspecified atom stereocenters. The van der Waals surface area contributed by atoms with Crippen LogP contribution in [0.5, 0.6) is 0 Å². The standard InChI is InChI=1S/C22H28ClN5O3S2/c1-15-19(32-22(24-2)26(15)3)14-27-7-9-28(10-8-27)21(29)6-11-33(30,31)20-13-16-12-17(23)4-5-18(16)25-20/h4-5,12-13,25H,6-11,14H2,1-3H3. The minimum atomic E-state index is -3.60. The van der Waals surface area contributed by atoms with Gasteiger partial charge in [0.2, 0.25) is 5.91 Å². The minimum absolute atomic E-state index is 0.0281. The number of nitrogens with zero attached hydrogens (tertiary/aromatic N) is 4. The number of aromatic amines is 1. The summed E-state index contributed by atoms with van der Waals surface area (Å²) in [4.78, 5) is 26.3. The topological polar surface area (TPSA) is 90.8 Å². The van der Waals surface area contributed by atoms with Crippen LogP contribution in [0.2, 0.25) is 5.02 Å². The van der Waals surface area contributed by atoms with E-state index in [9.17, 15) is 13.2 Å². The molecule has 1 fully saturated rings. The van der Waals surface area contributed by atoms with Crippen molar-refractivity contribution in [2.24, 2.45) is 12.0 Å².